The van der Waals surface area contributed by atoms with Crippen LogP contribution in [0.1, 0.15) is 355 Å². The minimum Gasteiger partial charge on any atom is -0.286 e. The zero-order chi connectivity index (χ0) is 49.4. The highest BCUT2D eigenvalue weighted by atomic mass is 32.2. The van der Waals surface area contributed by atoms with E-state index in [1.165, 1.54) is 308 Å². The van der Waals surface area contributed by atoms with E-state index in [0.717, 1.165) is 19.3 Å². The number of allylic oxidation sites excluding steroid dienone is 3. The van der Waals surface area contributed by atoms with Crippen LogP contribution >= 0.6 is 0 Å². The summed E-state index contributed by atoms with van der Waals surface area (Å²) in [5, 5.41) is 0. The molecule has 0 aromatic carbocycles. The SMILES string of the molecule is CCCCCCCCCCCCCCCCCC/C=C/[N+](/C=C/CCCCCCCCCCCCCCCCCC)(/C=C/CCCCCCCCCCCCCCCCCC)CCCS(=O)(=O)O. The second-order valence-electron chi connectivity index (χ2n) is 21.8. The molecule has 0 saturated heterocycles. The fraction of sp³-hybridized carbons (Fsp3) is 0.905. The molecule has 0 rings (SSSR count). The van der Waals surface area contributed by atoms with Crippen molar-refractivity contribution in [1.82, 2.24) is 0 Å². The van der Waals surface area contributed by atoms with Crippen LogP contribution in [0.25, 0.3) is 0 Å². The average Bonchev–Trinajstić information content (AvgIpc) is 3.32. The van der Waals surface area contributed by atoms with Gasteiger partial charge in [-0.25, -0.2) is 4.48 Å². The molecule has 1 N–H and O–H groups in total. The summed E-state index contributed by atoms with van der Waals surface area (Å²) in [7, 11) is -3.99. The van der Waals surface area contributed by atoms with Crippen LogP contribution in [-0.4, -0.2) is 29.8 Å². The summed E-state index contributed by atoms with van der Waals surface area (Å²) in [5.41, 5.74) is 0. The lowest BCUT2D eigenvalue weighted by Gasteiger charge is -2.27. The molecule has 0 fully saturated rings. The molecule has 0 saturated carbocycles. The molecule has 0 aromatic rings. The van der Waals surface area contributed by atoms with Crippen LogP contribution in [0.4, 0.5) is 0 Å². The molecule has 0 bridgehead atoms. The largest absolute Gasteiger partial charge is 0.286 e. The first-order chi connectivity index (χ1) is 33.4. The van der Waals surface area contributed by atoms with E-state index in [1.807, 2.05) is 0 Å². The lowest BCUT2D eigenvalue weighted by atomic mass is 10.0. The Labute approximate surface area is 429 Å². The summed E-state index contributed by atoms with van der Waals surface area (Å²) in [6, 6.07) is 0. The molecular weight excluding hydrogens is 851 g/mol. The van der Waals surface area contributed by atoms with Gasteiger partial charge in [-0.15, -0.1) is 0 Å². The van der Waals surface area contributed by atoms with Crippen LogP contribution in [0.2, 0.25) is 0 Å². The Bertz CT molecular complexity index is 1050. The molecule has 0 heterocycles. The van der Waals surface area contributed by atoms with Crippen LogP contribution in [0.5, 0.6) is 0 Å². The number of hydrogen-bond acceptors (Lipinski definition) is 2. The van der Waals surface area contributed by atoms with Crippen molar-refractivity contribution in [2.75, 3.05) is 12.3 Å². The zero-order valence-electron chi connectivity index (χ0n) is 46.8. The second kappa shape index (κ2) is 55.4. The monoisotopic (exact) mass is 975 g/mol. The Balaban J connectivity index is 4.85. The maximum absolute atomic E-state index is 11.8. The molecule has 0 aromatic heterocycles. The van der Waals surface area contributed by atoms with E-state index in [-0.39, 0.29) is 5.75 Å². The van der Waals surface area contributed by atoms with Gasteiger partial charge in [0.25, 0.3) is 10.1 Å². The molecule has 404 valence electrons. The summed E-state index contributed by atoms with van der Waals surface area (Å²) in [6.07, 6.45) is 84.2. The minimum atomic E-state index is -3.99. The van der Waals surface area contributed by atoms with Crippen molar-refractivity contribution >= 4 is 10.1 Å². The highest BCUT2D eigenvalue weighted by molar-refractivity contribution is 7.85. The standard InChI is InChI=1S/C63H123NO3S/c1-4-7-10-13-16-19-22-25-28-31-34-37-40-43-46-49-52-55-59-64(62-58-63-68(65,66)67,60-56-53-50-47-44-41-38-35-32-29-26-23-20-17-14-11-8-5-2)61-57-54-51-48-45-42-39-36-33-30-27-24-21-18-15-12-9-6-3/h55-57,59-61H,4-54,58,62-63H2,1-3H3/p+1/b59-55+,60-56+,61-57+. The van der Waals surface area contributed by atoms with Crippen molar-refractivity contribution < 1.29 is 17.5 Å². The minimum absolute atomic E-state index is 0.181. The third-order valence-corrected chi connectivity index (χ3v) is 15.6. The molecule has 0 aliphatic heterocycles. The first-order valence-electron chi connectivity index (χ1n) is 31.2. The van der Waals surface area contributed by atoms with Gasteiger partial charge in [0.2, 0.25) is 0 Å². The molecule has 0 amide bonds. The molecule has 4 nitrogen and oxygen atoms in total. The highest BCUT2D eigenvalue weighted by Crippen LogP contribution is 2.21. The normalized spacial score (nSPS) is 12.6. The summed E-state index contributed by atoms with van der Waals surface area (Å²) in [5.74, 6) is -0.181. The van der Waals surface area contributed by atoms with Gasteiger partial charge in [-0.2, -0.15) is 8.42 Å². The predicted molar refractivity (Wildman–Crippen MR) is 306 cm³/mol. The van der Waals surface area contributed by atoms with Crippen molar-refractivity contribution in [2.45, 2.75) is 355 Å². The number of rotatable bonds is 58. The molecule has 0 spiro atoms. The van der Waals surface area contributed by atoms with E-state index in [0.29, 0.717) is 17.4 Å². The van der Waals surface area contributed by atoms with Crippen molar-refractivity contribution in [3.8, 4) is 0 Å². The smallest absolute Gasteiger partial charge is 0.265 e. The predicted octanol–water partition coefficient (Wildman–Crippen LogP) is 22.6. The van der Waals surface area contributed by atoms with E-state index in [2.05, 4.69) is 57.6 Å². The van der Waals surface area contributed by atoms with Gasteiger partial charge in [-0.05, 0) is 56.8 Å². The van der Waals surface area contributed by atoms with Crippen molar-refractivity contribution in [3.05, 3.63) is 36.8 Å². The molecule has 0 radical (unpaired) electrons. The Morgan fingerprint density at radius 1 is 0.279 bits per heavy atom. The average molecular weight is 976 g/mol. The van der Waals surface area contributed by atoms with Gasteiger partial charge >= 0.3 is 0 Å². The maximum Gasteiger partial charge on any atom is 0.265 e. The fourth-order valence-corrected chi connectivity index (χ4v) is 10.6. The van der Waals surface area contributed by atoms with Crippen LogP contribution in [0, 0.1) is 0 Å². The Hall–Kier alpha value is -0.910. The van der Waals surface area contributed by atoms with E-state index in [4.69, 9.17) is 0 Å². The molecule has 0 unspecified atom stereocenters. The van der Waals surface area contributed by atoms with Crippen LogP contribution in [0.3, 0.4) is 0 Å². The molecule has 0 atom stereocenters. The van der Waals surface area contributed by atoms with Gasteiger partial charge in [0.15, 0.2) is 0 Å². The molecular formula is C63H124NO3S+. The van der Waals surface area contributed by atoms with Crippen molar-refractivity contribution in [2.24, 2.45) is 0 Å². The Kier molecular flexibility index (Phi) is 54.7. The first-order valence-corrected chi connectivity index (χ1v) is 32.9. The Morgan fingerprint density at radius 3 is 0.632 bits per heavy atom. The maximum atomic E-state index is 11.8. The number of nitrogens with zero attached hydrogens (tertiary/aromatic N) is 1. The lowest BCUT2D eigenvalue weighted by molar-refractivity contribution is -0.773. The fourth-order valence-electron chi connectivity index (χ4n) is 10.1. The summed E-state index contributed by atoms with van der Waals surface area (Å²) in [4.78, 5) is 0. The van der Waals surface area contributed by atoms with Gasteiger partial charge in [-0.3, -0.25) is 4.55 Å². The van der Waals surface area contributed by atoms with Crippen LogP contribution in [0.15, 0.2) is 36.8 Å². The van der Waals surface area contributed by atoms with Gasteiger partial charge in [0, 0.05) is 6.42 Å². The summed E-state index contributed by atoms with van der Waals surface area (Å²) < 4.78 is 33.8. The quantitative estimate of drug-likeness (QED) is 0.0375. The van der Waals surface area contributed by atoms with Crippen molar-refractivity contribution in [3.63, 3.8) is 0 Å². The highest BCUT2D eigenvalue weighted by Gasteiger charge is 2.20. The van der Waals surface area contributed by atoms with Gasteiger partial charge in [-0.1, -0.05) is 310 Å². The second-order valence-corrected chi connectivity index (χ2v) is 23.4. The zero-order valence-corrected chi connectivity index (χ0v) is 47.6. The third kappa shape index (κ3) is 54.4. The summed E-state index contributed by atoms with van der Waals surface area (Å²) >= 11 is 0. The van der Waals surface area contributed by atoms with Crippen LogP contribution < -0.4 is 0 Å². The number of quaternary nitrogens is 1. The van der Waals surface area contributed by atoms with E-state index < -0.39 is 10.1 Å². The van der Waals surface area contributed by atoms with E-state index >= 15 is 0 Å². The lowest BCUT2D eigenvalue weighted by Crippen LogP contribution is -2.33. The molecule has 0 aliphatic rings. The molecule has 68 heavy (non-hydrogen) atoms. The molecule has 0 aliphatic carbocycles. The van der Waals surface area contributed by atoms with Gasteiger partial charge in [0.1, 0.15) is 18.6 Å². The van der Waals surface area contributed by atoms with Gasteiger partial charge in [0.05, 0.1) is 12.3 Å². The van der Waals surface area contributed by atoms with Gasteiger partial charge < -0.3 is 0 Å². The van der Waals surface area contributed by atoms with Crippen molar-refractivity contribution in [1.29, 1.82) is 0 Å². The van der Waals surface area contributed by atoms with E-state index in [1.54, 1.807) is 0 Å². The topological polar surface area (TPSA) is 54.4 Å². The first kappa shape index (κ1) is 67.1. The number of unbranched alkanes of at least 4 members (excludes halogenated alkanes) is 48. The Morgan fingerprint density at radius 2 is 0.456 bits per heavy atom. The molecule has 5 heteroatoms. The van der Waals surface area contributed by atoms with E-state index in [9.17, 15) is 13.0 Å². The third-order valence-electron chi connectivity index (χ3n) is 14.8. The summed E-state index contributed by atoms with van der Waals surface area (Å²) in [6.45, 7) is 7.55. The number of hydrogen-bond donors (Lipinski definition) is 1. The van der Waals surface area contributed by atoms with Crippen LogP contribution in [-0.2, 0) is 10.1 Å².